The molecule has 24 heavy (non-hydrogen) atoms. The number of aromatic nitrogens is 1. The lowest BCUT2D eigenvalue weighted by Gasteiger charge is -2.10. The molecule has 120 valence electrons. The molecule has 3 aromatic rings. The average Bonchev–Trinajstić information content (AvgIpc) is 2.61. The second kappa shape index (κ2) is 6.96. The van der Waals surface area contributed by atoms with Crippen LogP contribution in [0.3, 0.4) is 0 Å². The van der Waals surface area contributed by atoms with E-state index in [4.69, 9.17) is 4.74 Å². The molecule has 1 aromatic heterocycles. The highest BCUT2D eigenvalue weighted by Gasteiger charge is 2.12. The molecule has 0 atom stereocenters. The second-order valence-corrected chi connectivity index (χ2v) is 5.47. The number of aromatic carboxylic acids is 1. The topological polar surface area (TPSA) is 59.4 Å². The van der Waals surface area contributed by atoms with Crippen molar-refractivity contribution in [3.63, 3.8) is 0 Å². The Morgan fingerprint density at radius 3 is 2.46 bits per heavy atom. The van der Waals surface area contributed by atoms with E-state index >= 15 is 0 Å². The Labute approximate surface area is 140 Å². The zero-order valence-corrected chi connectivity index (χ0v) is 13.3. The summed E-state index contributed by atoms with van der Waals surface area (Å²) in [5.74, 6) is -0.700. The molecular weight excluding hydrogens is 302 g/mol. The van der Waals surface area contributed by atoms with Gasteiger partial charge in [-0.05, 0) is 24.1 Å². The van der Waals surface area contributed by atoms with Crippen LogP contribution >= 0.6 is 0 Å². The minimum Gasteiger partial charge on any atom is -0.478 e. The summed E-state index contributed by atoms with van der Waals surface area (Å²) < 4.78 is 5.71. The summed E-state index contributed by atoms with van der Waals surface area (Å²) >= 11 is 0. The van der Waals surface area contributed by atoms with Crippen LogP contribution in [0.5, 0.6) is 5.88 Å². The van der Waals surface area contributed by atoms with Crippen LogP contribution in [0.1, 0.15) is 21.5 Å². The normalized spacial score (nSPS) is 10.4. The van der Waals surface area contributed by atoms with Gasteiger partial charge >= 0.3 is 5.97 Å². The van der Waals surface area contributed by atoms with Gasteiger partial charge in [0.1, 0.15) is 6.61 Å². The fraction of sp³-hybridized carbons (Fsp3) is 0.100. The maximum absolute atomic E-state index is 11.4. The smallest absolute Gasteiger partial charge is 0.335 e. The van der Waals surface area contributed by atoms with Crippen molar-refractivity contribution in [2.24, 2.45) is 0 Å². The quantitative estimate of drug-likeness (QED) is 0.760. The molecule has 0 saturated carbocycles. The molecule has 1 heterocycles. The van der Waals surface area contributed by atoms with Gasteiger partial charge in [0.15, 0.2) is 0 Å². The van der Waals surface area contributed by atoms with Crippen LogP contribution in [0.2, 0.25) is 0 Å². The monoisotopic (exact) mass is 319 g/mol. The van der Waals surface area contributed by atoms with E-state index in [0.717, 1.165) is 16.7 Å². The van der Waals surface area contributed by atoms with E-state index in [9.17, 15) is 9.90 Å². The third-order valence-electron chi connectivity index (χ3n) is 3.70. The molecule has 0 bridgehead atoms. The molecule has 3 rings (SSSR count). The predicted molar refractivity (Wildman–Crippen MR) is 92.1 cm³/mol. The van der Waals surface area contributed by atoms with Crippen molar-refractivity contribution in [3.05, 3.63) is 83.4 Å². The lowest BCUT2D eigenvalue weighted by atomic mass is 10.0. The summed E-state index contributed by atoms with van der Waals surface area (Å²) in [6.45, 7) is 2.30. The lowest BCUT2D eigenvalue weighted by Crippen LogP contribution is -2.03. The molecule has 0 amide bonds. The zero-order chi connectivity index (χ0) is 16.9. The van der Waals surface area contributed by atoms with Gasteiger partial charge in [-0.1, -0.05) is 54.6 Å². The third-order valence-corrected chi connectivity index (χ3v) is 3.70. The number of carboxylic acids is 1. The van der Waals surface area contributed by atoms with Gasteiger partial charge in [0.05, 0.1) is 11.3 Å². The first-order valence-electron chi connectivity index (χ1n) is 7.61. The third kappa shape index (κ3) is 3.60. The number of rotatable bonds is 5. The van der Waals surface area contributed by atoms with Gasteiger partial charge in [-0.3, -0.25) is 0 Å². The highest BCUT2D eigenvalue weighted by atomic mass is 16.5. The summed E-state index contributed by atoms with van der Waals surface area (Å²) in [7, 11) is 0. The fourth-order valence-electron chi connectivity index (χ4n) is 2.43. The van der Waals surface area contributed by atoms with Crippen LogP contribution in [0.25, 0.3) is 11.3 Å². The van der Waals surface area contributed by atoms with E-state index in [1.165, 1.54) is 6.07 Å². The van der Waals surface area contributed by atoms with Crippen molar-refractivity contribution in [2.75, 3.05) is 0 Å². The maximum Gasteiger partial charge on any atom is 0.335 e. The molecule has 0 aliphatic carbocycles. The van der Waals surface area contributed by atoms with Crippen molar-refractivity contribution in [1.29, 1.82) is 0 Å². The standard InChI is InChI=1S/C20H17NO3/c1-14-7-5-6-10-17(14)18-11-16(20(22)23)12-19(21-18)24-13-15-8-3-2-4-9-15/h2-12H,13H2,1H3,(H,22,23). The highest BCUT2D eigenvalue weighted by Crippen LogP contribution is 2.25. The first-order chi connectivity index (χ1) is 11.6. The van der Waals surface area contributed by atoms with Crippen molar-refractivity contribution in [3.8, 4) is 17.1 Å². The lowest BCUT2D eigenvalue weighted by molar-refractivity contribution is 0.0696. The number of pyridine rings is 1. The van der Waals surface area contributed by atoms with E-state index in [0.29, 0.717) is 18.2 Å². The maximum atomic E-state index is 11.4. The minimum atomic E-state index is -1.00. The minimum absolute atomic E-state index is 0.159. The summed E-state index contributed by atoms with van der Waals surface area (Å²) in [5.41, 5.74) is 3.67. The summed E-state index contributed by atoms with van der Waals surface area (Å²) in [6.07, 6.45) is 0. The first kappa shape index (κ1) is 15.7. The molecule has 0 aliphatic rings. The van der Waals surface area contributed by atoms with E-state index in [1.54, 1.807) is 6.07 Å². The number of hydrogen-bond donors (Lipinski definition) is 1. The second-order valence-electron chi connectivity index (χ2n) is 5.47. The number of benzene rings is 2. The van der Waals surface area contributed by atoms with Crippen LogP contribution in [-0.4, -0.2) is 16.1 Å². The van der Waals surface area contributed by atoms with Gasteiger partial charge in [-0.2, -0.15) is 0 Å². The van der Waals surface area contributed by atoms with Gasteiger partial charge < -0.3 is 9.84 Å². The van der Waals surface area contributed by atoms with E-state index in [2.05, 4.69) is 4.98 Å². The Kier molecular flexibility index (Phi) is 4.57. The number of aryl methyl sites for hydroxylation is 1. The molecule has 0 saturated heterocycles. The van der Waals surface area contributed by atoms with Crippen LogP contribution in [0.15, 0.2) is 66.7 Å². The van der Waals surface area contributed by atoms with Crippen molar-refractivity contribution >= 4 is 5.97 Å². The molecule has 1 N–H and O–H groups in total. The first-order valence-corrected chi connectivity index (χ1v) is 7.61. The predicted octanol–water partition coefficient (Wildman–Crippen LogP) is 4.33. The zero-order valence-electron chi connectivity index (χ0n) is 13.3. The Morgan fingerprint density at radius 1 is 1.04 bits per heavy atom. The van der Waals surface area contributed by atoms with Crippen molar-refractivity contribution in [1.82, 2.24) is 4.98 Å². The SMILES string of the molecule is Cc1ccccc1-c1cc(C(=O)O)cc(OCc2ccccc2)n1. The number of hydrogen-bond acceptors (Lipinski definition) is 3. The van der Waals surface area contributed by atoms with Crippen molar-refractivity contribution < 1.29 is 14.6 Å². The largest absolute Gasteiger partial charge is 0.478 e. The van der Waals surface area contributed by atoms with Gasteiger partial charge in [-0.15, -0.1) is 0 Å². The van der Waals surface area contributed by atoms with Crippen LogP contribution < -0.4 is 4.74 Å². The van der Waals surface area contributed by atoms with Crippen LogP contribution in [0, 0.1) is 6.92 Å². The van der Waals surface area contributed by atoms with Gasteiger partial charge in [0.2, 0.25) is 5.88 Å². The molecule has 0 spiro atoms. The number of carbonyl (C=O) groups is 1. The van der Waals surface area contributed by atoms with E-state index in [-0.39, 0.29) is 5.56 Å². The van der Waals surface area contributed by atoms with Crippen molar-refractivity contribution in [2.45, 2.75) is 13.5 Å². The van der Waals surface area contributed by atoms with Gasteiger partial charge in [0, 0.05) is 11.6 Å². The number of nitrogens with zero attached hydrogens (tertiary/aromatic N) is 1. The molecule has 0 aliphatic heterocycles. The van der Waals surface area contributed by atoms with Crippen LogP contribution in [0.4, 0.5) is 0 Å². The number of carboxylic acid groups (broad SMARTS) is 1. The van der Waals surface area contributed by atoms with Crippen LogP contribution in [-0.2, 0) is 6.61 Å². The Balaban J connectivity index is 1.94. The summed E-state index contributed by atoms with van der Waals surface area (Å²) in [4.78, 5) is 15.9. The Morgan fingerprint density at radius 2 is 1.75 bits per heavy atom. The average molecular weight is 319 g/mol. The molecule has 2 aromatic carbocycles. The summed E-state index contributed by atoms with van der Waals surface area (Å²) in [6, 6.07) is 20.4. The Bertz CT molecular complexity index is 860. The molecule has 4 nitrogen and oxygen atoms in total. The molecule has 0 unspecified atom stereocenters. The van der Waals surface area contributed by atoms with E-state index in [1.807, 2.05) is 61.5 Å². The highest BCUT2D eigenvalue weighted by molar-refractivity contribution is 5.89. The molecular formula is C20H17NO3. The van der Waals surface area contributed by atoms with Gasteiger partial charge in [0.25, 0.3) is 0 Å². The molecule has 4 heteroatoms. The molecule has 0 radical (unpaired) electrons. The molecule has 0 fully saturated rings. The number of ether oxygens (including phenoxy) is 1. The van der Waals surface area contributed by atoms with E-state index < -0.39 is 5.97 Å². The Hall–Kier alpha value is -3.14. The summed E-state index contributed by atoms with van der Waals surface area (Å²) in [5, 5.41) is 9.35. The van der Waals surface area contributed by atoms with Gasteiger partial charge in [-0.25, -0.2) is 9.78 Å². The fourth-order valence-corrected chi connectivity index (χ4v) is 2.43.